The standard InChI is InChI=1S/C19H20N2O4/c1-13-2-4-14(5-3-13)10-20-18(22)9-19(23)21-11-15-6-7-16-17(8-15)25-12-24-16/h2-8H,9-12H2,1H3,(H,20,22)(H,21,23). The summed E-state index contributed by atoms with van der Waals surface area (Å²) in [4.78, 5) is 23.7. The van der Waals surface area contributed by atoms with Crippen LogP contribution in [0.25, 0.3) is 0 Å². The molecule has 0 unspecified atom stereocenters. The van der Waals surface area contributed by atoms with Crippen molar-refractivity contribution in [3.05, 3.63) is 59.2 Å². The van der Waals surface area contributed by atoms with E-state index >= 15 is 0 Å². The number of carbonyl (C=O) groups excluding carboxylic acids is 2. The van der Waals surface area contributed by atoms with Gasteiger partial charge in [-0.25, -0.2) is 0 Å². The van der Waals surface area contributed by atoms with Crippen molar-refractivity contribution >= 4 is 11.8 Å². The Morgan fingerprint density at radius 2 is 1.48 bits per heavy atom. The van der Waals surface area contributed by atoms with Gasteiger partial charge in [-0.3, -0.25) is 9.59 Å². The minimum atomic E-state index is -0.320. The average Bonchev–Trinajstić information content (AvgIpc) is 3.07. The molecule has 25 heavy (non-hydrogen) atoms. The highest BCUT2D eigenvalue weighted by Crippen LogP contribution is 2.32. The molecular weight excluding hydrogens is 320 g/mol. The van der Waals surface area contributed by atoms with Crippen LogP contribution >= 0.6 is 0 Å². The van der Waals surface area contributed by atoms with Gasteiger partial charge in [0.15, 0.2) is 11.5 Å². The minimum absolute atomic E-state index is 0.198. The van der Waals surface area contributed by atoms with Crippen LogP contribution in [0.2, 0.25) is 0 Å². The Balaban J connectivity index is 1.41. The number of hydrogen-bond donors (Lipinski definition) is 2. The molecule has 1 aliphatic rings. The maximum absolute atomic E-state index is 11.9. The van der Waals surface area contributed by atoms with Crippen LogP contribution in [0.5, 0.6) is 11.5 Å². The van der Waals surface area contributed by atoms with Crippen molar-refractivity contribution in [2.45, 2.75) is 26.4 Å². The molecule has 1 aliphatic heterocycles. The number of fused-ring (bicyclic) bond motifs is 1. The monoisotopic (exact) mass is 340 g/mol. The molecule has 2 N–H and O–H groups in total. The van der Waals surface area contributed by atoms with Crippen molar-refractivity contribution in [1.82, 2.24) is 10.6 Å². The van der Waals surface area contributed by atoms with Crippen LogP contribution in [-0.2, 0) is 22.7 Å². The summed E-state index contributed by atoms with van der Waals surface area (Å²) in [5.41, 5.74) is 3.05. The van der Waals surface area contributed by atoms with Gasteiger partial charge in [0.1, 0.15) is 6.42 Å². The van der Waals surface area contributed by atoms with E-state index in [-0.39, 0.29) is 25.0 Å². The first-order chi connectivity index (χ1) is 12.1. The Bertz CT molecular complexity index is 771. The van der Waals surface area contributed by atoms with E-state index in [1.165, 1.54) is 0 Å². The fourth-order valence-electron chi connectivity index (χ4n) is 2.43. The van der Waals surface area contributed by atoms with Gasteiger partial charge in [-0.15, -0.1) is 0 Å². The lowest BCUT2D eigenvalue weighted by Gasteiger charge is -2.08. The Morgan fingerprint density at radius 3 is 2.20 bits per heavy atom. The van der Waals surface area contributed by atoms with E-state index in [4.69, 9.17) is 9.47 Å². The highest BCUT2D eigenvalue weighted by atomic mass is 16.7. The Labute approximate surface area is 146 Å². The summed E-state index contributed by atoms with van der Waals surface area (Å²) in [5, 5.41) is 5.48. The highest BCUT2D eigenvalue weighted by molar-refractivity contribution is 5.96. The summed E-state index contributed by atoms with van der Waals surface area (Å²) in [5.74, 6) is 0.746. The zero-order chi connectivity index (χ0) is 17.6. The average molecular weight is 340 g/mol. The van der Waals surface area contributed by atoms with E-state index in [0.29, 0.717) is 24.6 Å². The van der Waals surface area contributed by atoms with Crippen molar-refractivity contribution in [2.24, 2.45) is 0 Å². The second-order valence-electron chi connectivity index (χ2n) is 5.90. The smallest absolute Gasteiger partial charge is 0.231 e. The number of hydrogen-bond acceptors (Lipinski definition) is 4. The lowest BCUT2D eigenvalue weighted by molar-refractivity contribution is -0.129. The Hall–Kier alpha value is -3.02. The lowest BCUT2D eigenvalue weighted by Crippen LogP contribution is -2.31. The van der Waals surface area contributed by atoms with Gasteiger partial charge in [-0.05, 0) is 30.2 Å². The minimum Gasteiger partial charge on any atom is -0.454 e. The Kier molecular flexibility index (Phi) is 5.18. The number of amides is 2. The number of benzene rings is 2. The number of carbonyl (C=O) groups is 2. The molecule has 6 nitrogen and oxygen atoms in total. The topological polar surface area (TPSA) is 76.7 Å². The molecule has 0 atom stereocenters. The molecule has 130 valence electrons. The molecule has 0 aliphatic carbocycles. The molecule has 0 aromatic heterocycles. The molecule has 1 heterocycles. The van der Waals surface area contributed by atoms with Crippen molar-refractivity contribution < 1.29 is 19.1 Å². The van der Waals surface area contributed by atoms with Gasteiger partial charge in [-0.2, -0.15) is 0 Å². The van der Waals surface area contributed by atoms with Crippen LogP contribution < -0.4 is 20.1 Å². The summed E-state index contributed by atoms with van der Waals surface area (Å²) in [6.45, 7) is 2.97. The van der Waals surface area contributed by atoms with Crippen molar-refractivity contribution in [3.63, 3.8) is 0 Å². The fourth-order valence-corrected chi connectivity index (χ4v) is 2.43. The van der Waals surface area contributed by atoms with Gasteiger partial charge >= 0.3 is 0 Å². The number of ether oxygens (including phenoxy) is 2. The Morgan fingerprint density at radius 1 is 0.880 bits per heavy atom. The summed E-state index contributed by atoms with van der Waals surface area (Å²) in [6.07, 6.45) is -0.198. The van der Waals surface area contributed by atoms with Gasteiger partial charge in [-0.1, -0.05) is 35.9 Å². The number of aryl methyl sites for hydroxylation is 1. The van der Waals surface area contributed by atoms with Gasteiger partial charge in [0.25, 0.3) is 0 Å². The van der Waals surface area contributed by atoms with Gasteiger partial charge in [0.05, 0.1) is 0 Å². The van der Waals surface area contributed by atoms with E-state index < -0.39 is 0 Å². The normalized spacial score (nSPS) is 11.9. The maximum atomic E-state index is 11.9. The summed E-state index contributed by atoms with van der Waals surface area (Å²) in [6, 6.07) is 13.4. The van der Waals surface area contributed by atoms with E-state index in [9.17, 15) is 9.59 Å². The lowest BCUT2D eigenvalue weighted by atomic mass is 10.1. The molecule has 6 heteroatoms. The highest BCUT2D eigenvalue weighted by Gasteiger charge is 2.14. The largest absolute Gasteiger partial charge is 0.454 e. The first kappa shape index (κ1) is 16.8. The van der Waals surface area contributed by atoms with Gasteiger partial charge in [0, 0.05) is 13.1 Å². The van der Waals surface area contributed by atoms with Crippen LogP contribution in [-0.4, -0.2) is 18.6 Å². The maximum Gasteiger partial charge on any atom is 0.231 e. The van der Waals surface area contributed by atoms with E-state index in [0.717, 1.165) is 16.7 Å². The fraction of sp³-hybridized carbons (Fsp3) is 0.263. The SMILES string of the molecule is Cc1ccc(CNC(=O)CC(=O)NCc2ccc3c(c2)OCO3)cc1. The molecule has 0 radical (unpaired) electrons. The molecule has 2 amide bonds. The van der Waals surface area contributed by atoms with Crippen LogP contribution in [0.1, 0.15) is 23.1 Å². The van der Waals surface area contributed by atoms with E-state index in [2.05, 4.69) is 10.6 Å². The van der Waals surface area contributed by atoms with Crippen molar-refractivity contribution in [3.8, 4) is 11.5 Å². The molecule has 0 bridgehead atoms. The summed E-state index contributed by atoms with van der Waals surface area (Å²) < 4.78 is 10.5. The third-order valence-electron chi connectivity index (χ3n) is 3.86. The molecular formula is C19H20N2O4. The first-order valence-electron chi connectivity index (χ1n) is 8.07. The van der Waals surface area contributed by atoms with Crippen molar-refractivity contribution in [2.75, 3.05) is 6.79 Å². The third kappa shape index (κ3) is 4.73. The summed E-state index contributed by atoms with van der Waals surface area (Å²) >= 11 is 0. The molecule has 0 fully saturated rings. The van der Waals surface area contributed by atoms with Gasteiger partial charge < -0.3 is 20.1 Å². The molecule has 0 spiro atoms. The first-order valence-corrected chi connectivity index (χ1v) is 8.07. The summed E-state index contributed by atoms with van der Waals surface area (Å²) in [7, 11) is 0. The molecule has 0 saturated carbocycles. The van der Waals surface area contributed by atoms with Crippen molar-refractivity contribution in [1.29, 1.82) is 0 Å². The predicted molar refractivity (Wildman–Crippen MR) is 92.1 cm³/mol. The number of rotatable bonds is 6. The second kappa shape index (κ2) is 7.70. The van der Waals surface area contributed by atoms with Crippen LogP contribution in [0.4, 0.5) is 0 Å². The molecule has 2 aromatic carbocycles. The van der Waals surface area contributed by atoms with E-state index in [1.54, 1.807) is 6.07 Å². The zero-order valence-corrected chi connectivity index (χ0v) is 14.0. The second-order valence-corrected chi connectivity index (χ2v) is 5.90. The van der Waals surface area contributed by atoms with Crippen LogP contribution in [0.15, 0.2) is 42.5 Å². The molecule has 0 saturated heterocycles. The number of nitrogens with one attached hydrogen (secondary N) is 2. The molecule has 3 rings (SSSR count). The van der Waals surface area contributed by atoms with Crippen LogP contribution in [0, 0.1) is 6.92 Å². The van der Waals surface area contributed by atoms with E-state index in [1.807, 2.05) is 43.3 Å². The third-order valence-corrected chi connectivity index (χ3v) is 3.86. The molecule has 2 aromatic rings. The quantitative estimate of drug-likeness (QED) is 0.789. The predicted octanol–water partition coefficient (Wildman–Crippen LogP) is 2.05. The zero-order valence-electron chi connectivity index (χ0n) is 14.0. The van der Waals surface area contributed by atoms with Crippen LogP contribution in [0.3, 0.4) is 0 Å². The van der Waals surface area contributed by atoms with Gasteiger partial charge in [0.2, 0.25) is 18.6 Å².